The third kappa shape index (κ3) is 7.99. The average Bonchev–Trinajstić information content (AvgIpc) is 2.85. The fourth-order valence-electron chi connectivity index (χ4n) is 3.99. The molecule has 0 aliphatic rings. The smallest absolute Gasteiger partial charge is 0.261 e. The van der Waals surface area contributed by atoms with Crippen molar-refractivity contribution in [3.63, 3.8) is 0 Å². The predicted octanol–water partition coefficient (Wildman–Crippen LogP) is 5.10. The van der Waals surface area contributed by atoms with Gasteiger partial charge in [0.25, 0.3) is 5.91 Å². The summed E-state index contributed by atoms with van der Waals surface area (Å²) in [7, 11) is 0. The van der Waals surface area contributed by atoms with Crippen LogP contribution < -0.4 is 10.1 Å². The molecule has 0 radical (unpaired) electrons. The minimum Gasteiger partial charge on any atom is -0.484 e. The summed E-state index contributed by atoms with van der Waals surface area (Å²) < 4.78 is 5.85. The van der Waals surface area contributed by atoms with Crippen LogP contribution in [-0.4, -0.2) is 35.4 Å². The zero-order valence-corrected chi connectivity index (χ0v) is 21.2. The van der Waals surface area contributed by atoms with Crippen LogP contribution in [0.5, 0.6) is 5.75 Å². The van der Waals surface area contributed by atoms with Crippen molar-refractivity contribution in [3.8, 4) is 5.75 Å². The van der Waals surface area contributed by atoms with Crippen molar-refractivity contribution < 1.29 is 14.3 Å². The second-order valence-electron chi connectivity index (χ2n) is 9.17. The Kier molecular flexibility index (Phi) is 9.47. The lowest BCUT2D eigenvalue weighted by Crippen LogP contribution is -2.52. The van der Waals surface area contributed by atoms with E-state index in [-0.39, 0.29) is 24.5 Å². The van der Waals surface area contributed by atoms with E-state index in [9.17, 15) is 9.59 Å². The van der Waals surface area contributed by atoms with Crippen molar-refractivity contribution in [2.45, 2.75) is 59.2 Å². The van der Waals surface area contributed by atoms with E-state index in [1.165, 1.54) is 5.56 Å². The minimum absolute atomic E-state index is 0.0370. The molecular weight excluding hydrogens is 436 g/mol. The molecule has 1 N–H and O–H groups in total. The quantitative estimate of drug-likeness (QED) is 0.422. The molecule has 0 heterocycles. The highest BCUT2D eigenvalue weighted by Crippen LogP contribution is 2.18. The molecular formula is C30H36N2O3. The van der Waals surface area contributed by atoms with E-state index in [1.54, 1.807) is 4.90 Å². The normalized spacial score (nSPS) is 11.7. The number of carbonyl (C=O) groups excluding carboxylic acids is 2. The van der Waals surface area contributed by atoms with Gasteiger partial charge in [-0.3, -0.25) is 9.59 Å². The van der Waals surface area contributed by atoms with Crippen LogP contribution >= 0.6 is 0 Å². The third-order valence-electron chi connectivity index (χ3n) is 5.83. The van der Waals surface area contributed by atoms with Gasteiger partial charge in [0.1, 0.15) is 11.8 Å². The molecule has 2 amide bonds. The molecule has 0 saturated heterocycles. The van der Waals surface area contributed by atoms with Gasteiger partial charge in [0, 0.05) is 19.0 Å². The van der Waals surface area contributed by atoms with Crippen LogP contribution in [0.3, 0.4) is 0 Å². The van der Waals surface area contributed by atoms with Gasteiger partial charge in [0.2, 0.25) is 5.91 Å². The second kappa shape index (κ2) is 12.7. The molecule has 3 rings (SSSR count). The molecule has 0 aliphatic heterocycles. The van der Waals surface area contributed by atoms with Crippen molar-refractivity contribution in [1.82, 2.24) is 10.2 Å². The molecule has 0 bridgehead atoms. The lowest BCUT2D eigenvalue weighted by atomic mass is 10.0. The number of nitrogens with one attached hydrogen (secondary N) is 1. The van der Waals surface area contributed by atoms with Crippen LogP contribution in [0, 0.1) is 6.92 Å². The fourth-order valence-corrected chi connectivity index (χ4v) is 3.99. The predicted molar refractivity (Wildman–Crippen MR) is 140 cm³/mol. The van der Waals surface area contributed by atoms with E-state index in [0.29, 0.717) is 18.7 Å². The van der Waals surface area contributed by atoms with Crippen LogP contribution in [0.15, 0.2) is 78.9 Å². The topological polar surface area (TPSA) is 58.6 Å². The maximum Gasteiger partial charge on any atom is 0.261 e. The molecule has 3 aromatic rings. The molecule has 1 atom stereocenters. The van der Waals surface area contributed by atoms with E-state index in [2.05, 4.69) is 12.2 Å². The lowest BCUT2D eigenvalue weighted by Gasteiger charge is -2.32. The van der Waals surface area contributed by atoms with Crippen molar-refractivity contribution in [1.29, 1.82) is 0 Å². The largest absolute Gasteiger partial charge is 0.484 e. The Morgan fingerprint density at radius 2 is 1.57 bits per heavy atom. The van der Waals surface area contributed by atoms with Crippen LogP contribution in [0.25, 0.3) is 0 Å². The van der Waals surface area contributed by atoms with Crippen molar-refractivity contribution in [2.75, 3.05) is 6.61 Å². The maximum atomic E-state index is 13.6. The van der Waals surface area contributed by atoms with Gasteiger partial charge in [-0.25, -0.2) is 0 Å². The van der Waals surface area contributed by atoms with Gasteiger partial charge in [0.15, 0.2) is 6.61 Å². The number of benzene rings is 3. The van der Waals surface area contributed by atoms with Gasteiger partial charge in [-0.2, -0.15) is 0 Å². The van der Waals surface area contributed by atoms with Crippen LogP contribution in [-0.2, 0) is 29.0 Å². The summed E-state index contributed by atoms with van der Waals surface area (Å²) in [6.45, 7) is 8.14. The van der Waals surface area contributed by atoms with Gasteiger partial charge >= 0.3 is 0 Å². The molecule has 0 spiro atoms. The molecule has 0 fully saturated rings. The number of amides is 2. The first-order chi connectivity index (χ1) is 16.9. The zero-order valence-electron chi connectivity index (χ0n) is 21.2. The standard InChI is InChI=1S/C30H36N2O3/c1-5-24-14-16-27(17-15-24)35-21-29(33)32(20-26-13-9-10-23(4)18-26)28(30(34)31-22(2)3)19-25-11-7-6-8-12-25/h6-18,22,28H,5,19-21H2,1-4H3,(H,31,34). The van der Waals surface area contributed by atoms with E-state index in [0.717, 1.165) is 23.1 Å². The van der Waals surface area contributed by atoms with Crippen LogP contribution in [0.4, 0.5) is 0 Å². The molecule has 35 heavy (non-hydrogen) atoms. The molecule has 0 aromatic heterocycles. The first-order valence-electron chi connectivity index (χ1n) is 12.3. The Hall–Kier alpha value is -3.60. The molecule has 3 aromatic carbocycles. The molecule has 184 valence electrons. The fraction of sp³-hybridized carbons (Fsp3) is 0.333. The number of nitrogens with zero attached hydrogens (tertiary/aromatic N) is 1. The Morgan fingerprint density at radius 1 is 0.886 bits per heavy atom. The minimum atomic E-state index is -0.668. The number of carbonyl (C=O) groups is 2. The van der Waals surface area contributed by atoms with Crippen LogP contribution in [0.2, 0.25) is 0 Å². The average molecular weight is 473 g/mol. The number of aryl methyl sites for hydroxylation is 2. The summed E-state index contributed by atoms with van der Waals surface area (Å²) in [5.41, 5.74) is 4.28. The Labute approximate surface area is 209 Å². The summed E-state index contributed by atoms with van der Waals surface area (Å²) >= 11 is 0. The lowest BCUT2D eigenvalue weighted by molar-refractivity contribution is -0.143. The number of hydrogen-bond donors (Lipinski definition) is 1. The number of rotatable bonds is 11. The van der Waals surface area contributed by atoms with Gasteiger partial charge < -0.3 is 15.0 Å². The van der Waals surface area contributed by atoms with Crippen molar-refractivity contribution in [3.05, 3.63) is 101 Å². The SMILES string of the molecule is CCc1ccc(OCC(=O)N(Cc2cccc(C)c2)C(Cc2ccccc2)C(=O)NC(C)C)cc1. The van der Waals surface area contributed by atoms with Crippen molar-refractivity contribution in [2.24, 2.45) is 0 Å². The van der Waals surface area contributed by atoms with E-state index in [1.807, 2.05) is 99.6 Å². The Bertz CT molecular complexity index is 1090. The Morgan fingerprint density at radius 3 is 2.20 bits per heavy atom. The maximum absolute atomic E-state index is 13.6. The highest BCUT2D eigenvalue weighted by Gasteiger charge is 2.31. The van der Waals surface area contributed by atoms with E-state index in [4.69, 9.17) is 4.74 Å². The summed E-state index contributed by atoms with van der Waals surface area (Å²) in [5.74, 6) is 0.236. The first-order valence-corrected chi connectivity index (χ1v) is 12.3. The highest BCUT2D eigenvalue weighted by atomic mass is 16.5. The zero-order chi connectivity index (χ0) is 25.2. The Balaban J connectivity index is 1.88. The van der Waals surface area contributed by atoms with Gasteiger partial charge in [-0.05, 0) is 56.0 Å². The number of ether oxygens (including phenoxy) is 1. The summed E-state index contributed by atoms with van der Waals surface area (Å²) in [4.78, 5) is 28.6. The van der Waals surface area contributed by atoms with Gasteiger partial charge in [0.05, 0.1) is 0 Å². The van der Waals surface area contributed by atoms with E-state index >= 15 is 0 Å². The molecule has 0 saturated carbocycles. The molecule has 1 unspecified atom stereocenters. The van der Waals surface area contributed by atoms with Crippen molar-refractivity contribution >= 4 is 11.8 Å². The van der Waals surface area contributed by atoms with E-state index < -0.39 is 6.04 Å². The highest BCUT2D eigenvalue weighted by molar-refractivity contribution is 5.88. The molecule has 5 heteroatoms. The summed E-state index contributed by atoms with van der Waals surface area (Å²) in [6, 6.07) is 24.9. The first kappa shape index (κ1) is 26.0. The molecule has 5 nitrogen and oxygen atoms in total. The summed E-state index contributed by atoms with van der Waals surface area (Å²) in [5, 5.41) is 3.01. The van der Waals surface area contributed by atoms with Crippen LogP contribution in [0.1, 0.15) is 43.0 Å². The van der Waals surface area contributed by atoms with Gasteiger partial charge in [-0.1, -0.05) is 79.2 Å². The molecule has 0 aliphatic carbocycles. The van der Waals surface area contributed by atoms with Gasteiger partial charge in [-0.15, -0.1) is 0 Å². The number of hydrogen-bond acceptors (Lipinski definition) is 3. The third-order valence-corrected chi connectivity index (χ3v) is 5.83. The summed E-state index contributed by atoms with van der Waals surface area (Å²) in [6.07, 6.45) is 1.36. The monoisotopic (exact) mass is 472 g/mol. The second-order valence-corrected chi connectivity index (χ2v) is 9.17.